The van der Waals surface area contributed by atoms with Crippen LogP contribution < -0.4 is 0 Å². The highest BCUT2D eigenvalue weighted by Gasteiger charge is 2.06. The number of aliphatic hydroxyl groups is 1. The summed E-state index contributed by atoms with van der Waals surface area (Å²) in [5.41, 5.74) is -0.988. The van der Waals surface area contributed by atoms with Gasteiger partial charge in [-0.05, 0) is 26.0 Å². The number of hydrogen-bond acceptors (Lipinski definition) is 3. The summed E-state index contributed by atoms with van der Waals surface area (Å²) in [6.07, 6.45) is 1.89. The summed E-state index contributed by atoms with van der Waals surface area (Å²) in [5.74, 6) is 5.66. The Morgan fingerprint density at radius 1 is 1.60 bits per heavy atom. The van der Waals surface area contributed by atoms with E-state index in [0.717, 1.165) is 15.0 Å². The summed E-state index contributed by atoms with van der Waals surface area (Å²) in [4.78, 5) is 4.75. The molecule has 2 heterocycles. The molecule has 0 spiro atoms. The number of aromatic nitrogens is 1. The van der Waals surface area contributed by atoms with E-state index in [4.69, 9.17) is 1.37 Å². The zero-order valence-electron chi connectivity index (χ0n) is 9.53. The first-order valence-electron chi connectivity index (χ1n) is 5.06. The van der Waals surface area contributed by atoms with Crippen LogP contribution in [0, 0.1) is 11.8 Å². The van der Waals surface area contributed by atoms with Crippen molar-refractivity contribution in [3.8, 4) is 11.8 Å². The fourth-order valence-corrected chi connectivity index (χ4v) is 1.96. The van der Waals surface area contributed by atoms with E-state index in [1.165, 1.54) is 11.3 Å². The fraction of sp³-hybridized carbons (Fsp3) is 0.250. The Morgan fingerprint density at radius 2 is 2.40 bits per heavy atom. The Balaban J connectivity index is 2.47. The van der Waals surface area contributed by atoms with Crippen LogP contribution in [0.4, 0.5) is 0 Å². The normalized spacial score (nSPS) is 12.1. The topological polar surface area (TPSA) is 33.1 Å². The van der Waals surface area contributed by atoms with E-state index in [9.17, 15) is 5.11 Å². The van der Waals surface area contributed by atoms with Gasteiger partial charge in [0.2, 0.25) is 0 Å². The van der Waals surface area contributed by atoms with Gasteiger partial charge in [0.15, 0.2) is 0 Å². The average molecular weight is 218 g/mol. The largest absolute Gasteiger partial charge is 0.378 e. The molecule has 2 rings (SSSR count). The molecule has 0 amide bonds. The van der Waals surface area contributed by atoms with Crippen LogP contribution in [0.15, 0.2) is 24.5 Å². The second-order valence-electron chi connectivity index (χ2n) is 3.75. The van der Waals surface area contributed by atoms with Crippen molar-refractivity contribution >= 4 is 21.4 Å². The summed E-state index contributed by atoms with van der Waals surface area (Å²) in [6, 6.07) is 3.71. The molecular formula is C12H11NOS. The zero-order chi connectivity index (χ0) is 11.8. The van der Waals surface area contributed by atoms with Crippen molar-refractivity contribution in [2.75, 3.05) is 0 Å². The highest BCUT2D eigenvalue weighted by Crippen LogP contribution is 2.23. The molecule has 0 fully saturated rings. The van der Waals surface area contributed by atoms with Gasteiger partial charge in [-0.2, -0.15) is 0 Å². The van der Waals surface area contributed by atoms with Crippen molar-refractivity contribution in [1.29, 1.82) is 0 Å². The van der Waals surface area contributed by atoms with Gasteiger partial charge in [0.1, 0.15) is 5.60 Å². The molecule has 0 saturated carbocycles. The lowest BCUT2D eigenvalue weighted by Crippen LogP contribution is -2.14. The van der Waals surface area contributed by atoms with Crippen LogP contribution >= 0.6 is 11.3 Å². The van der Waals surface area contributed by atoms with Gasteiger partial charge in [-0.1, -0.05) is 11.8 Å². The molecular weight excluding hydrogens is 206 g/mol. The number of nitrogens with zero attached hydrogens (tertiary/aromatic N) is 1. The SMILES string of the molecule is [2H]c1nccc2sc(C#CC(C)(C)O)cc12. The van der Waals surface area contributed by atoms with E-state index in [-0.39, 0.29) is 6.17 Å². The fourth-order valence-electron chi connectivity index (χ4n) is 1.10. The van der Waals surface area contributed by atoms with Crippen LogP contribution in [0.2, 0.25) is 0 Å². The predicted molar refractivity (Wildman–Crippen MR) is 62.8 cm³/mol. The highest BCUT2D eigenvalue weighted by molar-refractivity contribution is 7.19. The van der Waals surface area contributed by atoms with E-state index in [2.05, 4.69) is 16.8 Å². The van der Waals surface area contributed by atoms with Crippen molar-refractivity contribution in [2.45, 2.75) is 19.4 Å². The zero-order valence-corrected chi connectivity index (χ0v) is 9.35. The molecule has 0 aliphatic rings. The van der Waals surface area contributed by atoms with Gasteiger partial charge in [-0.25, -0.2) is 0 Å². The standard InChI is InChI=1S/C12H11NOS/c1-12(2,14)5-3-10-7-9-8-13-6-4-11(9)15-10/h4,6-8,14H,1-2H3/i8D. The molecule has 76 valence electrons. The van der Waals surface area contributed by atoms with Crippen molar-refractivity contribution < 1.29 is 6.48 Å². The summed E-state index contributed by atoms with van der Waals surface area (Å²) in [5, 5.41) is 10.3. The van der Waals surface area contributed by atoms with Crippen LogP contribution in [0.25, 0.3) is 10.1 Å². The summed E-state index contributed by atoms with van der Waals surface area (Å²) >= 11 is 1.51. The molecule has 2 aromatic heterocycles. The third kappa shape index (κ3) is 2.56. The van der Waals surface area contributed by atoms with Crippen LogP contribution in [0.3, 0.4) is 0 Å². The summed E-state index contributed by atoms with van der Waals surface area (Å²) < 4.78 is 8.63. The minimum absolute atomic E-state index is 0.269. The number of pyridine rings is 1. The molecule has 0 bridgehead atoms. The van der Waals surface area contributed by atoms with Gasteiger partial charge >= 0.3 is 0 Å². The molecule has 0 atom stereocenters. The maximum atomic E-state index is 9.49. The third-order valence-electron chi connectivity index (χ3n) is 1.74. The molecule has 0 aromatic carbocycles. The Hall–Kier alpha value is -1.37. The molecule has 0 aliphatic carbocycles. The third-order valence-corrected chi connectivity index (χ3v) is 2.75. The van der Waals surface area contributed by atoms with Crippen molar-refractivity contribution in [1.82, 2.24) is 4.98 Å². The van der Waals surface area contributed by atoms with Gasteiger partial charge in [0, 0.05) is 22.5 Å². The molecule has 2 aromatic rings. The highest BCUT2D eigenvalue weighted by atomic mass is 32.1. The Labute approximate surface area is 94.0 Å². The number of thiophene rings is 1. The smallest absolute Gasteiger partial charge is 0.120 e. The maximum absolute atomic E-state index is 9.49. The monoisotopic (exact) mass is 218 g/mol. The van der Waals surface area contributed by atoms with Crippen molar-refractivity contribution in [2.24, 2.45) is 0 Å². The second-order valence-corrected chi connectivity index (χ2v) is 4.84. The van der Waals surface area contributed by atoms with Crippen LogP contribution in [0.1, 0.15) is 20.1 Å². The van der Waals surface area contributed by atoms with Crippen LogP contribution in [0.5, 0.6) is 0 Å². The molecule has 0 saturated heterocycles. The minimum Gasteiger partial charge on any atom is -0.378 e. The van der Waals surface area contributed by atoms with Crippen molar-refractivity contribution in [3.05, 3.63) is 29.4 Å². The van der Waals surface area contributed by atoms with E-state index in [1.807, 2.05) is 12.1 Å². The first kappa shape index (κ1) is 8.90. The van der Waals surface area contributed by atoms with Gasteiger partial charge in [0.05, 0.1) is 6.25 Å². The summed E-state index contributed by atoms with van der Waals surface area (Å²) in [6.45, 7) is 3.29. The number of hydrogen-bond donors (Lipinski definition) is 1. The lowest BCUT2D eigenvalue weighted by molar-refractivity contribution is 0.143. The first-order chi connectivity index (χ1) is 7.46. The van der Waals surface area contributed by atoms with Crippen molar-refractivity contribution in [3.63, 3.8) is 0 Å². The van der Waals surface area contributed by atoms with E-state index in [0.29, 0.717) is 0 Å². The molecule has 0 unspecified atom stereocenters. The van der Waals surface area contributed by atoms with E-state index >= 15 is 0 Å². The van der Waals surface area contributed by atoms with Gasteiger partial charge < -0.3 is 5.11 Å². The van der Waals surface area contributed by atoms with E-state index in [1.54, 1.807) is 20.0 Å². The van der Waals surface area contributed by atoms with E-state index < -0.39 is 5.60 Å². The molecule has 0 aliphatic heterocycles. The predicted octanol–water partition coefficient (Wildman–Crippen LogP) is 2.42. The molecule has 2 nitrogen and oxygen atoms in total. The Morgan fingerprint density at radius 3 is 3.07 bits per heavy atom. The molecule has 1 N–H and O–H groups in total. The lowest BCUT2D eigenvalue weighted by atomic mass is 10.1. The molecule has 0 radical (unpaired) electrons. The second kappa shape index (κ2) is 3.65. The van der Waals surface area contributed by atoms with Gasteiger partial charge in [-0.3, -0.25) is 4.98 Å². The number of fused-ring (bicyclic) bond motifs is 1. The number of rotatable bonds is 0. The molecule has 3 heteroatoms. The summed E-state index contributed by atoms with van der Waals surface area (Å²) in [7, 11) is 0. The average Bonchev–Trinajstić information content (AvgIpc) is 2.58. The maximum Gasteiger partial charge on any atom is 0.120 e. The van der Waals surface area contributed by atoms with Crippen LogP contribution in [-0.2, 0) is 0 Å². The first-order valence-corrected chi connectivity index (χ1v) is 5.38. The lowest BCUT2D eigenvalue weighted by Gasteiger charge is -2.05. The minimum atomic E-state index is -0.988. The Kier molecular flexibility index (Phi) is 2.17. The van der Waals surface area contributed by atoms with Crippen LogP contribution in [-0.4, -0.2) is 15.7 Å². The van der Waals surface area contributed by atoms with Gasteiger partial charge in [0.25, 0.3) is 0 Å². The quantitative estimate of drug-likeness (QED) is 0.689. The molecule has 15 heavy (non-hydrogen) atoms. The Bertz CT molecular complexity index is 586. The van der Waals surface area contributed by atoms with Gasteiger partial charge in [-0.15, -0.1) is 11.3 Å².